The largest absolute Gasteiger partial charge is 0.432 e. The van der Waals surface area contributed by atoms with Crippen LogP contribution in [0.15, 0.2) is 171 Å². The maximum absolute atomic E-state index is 4.64. The zero-order valence-electron chi connectivity index (χ0n) is 25.2. The molecule has 8 aromatic rings. The molecule has 0 unspecified atom stereocenters. The van der Waals surface area contributed by atoms with Crippen LogP contribution >= 0.6 is 19.2 Å². The van der Waals surface area contributed by atoms with Gasteiger partial charge in [0.05, 0.1) is 22.7 Å². The number of aromatic nitrogens is 8. The number of benzene rings is 4. The monoisotopic (exact) mass is 1030 g/mol. The predicted octanol–water partition coefficient (Wildman–Crippen LogP) is 8.06. The van der Waals surface area contributed by atoms with Gasteiger partial charge in [-0.15, -0.1) is 49.6 Å². The normalized spacial score (nSPS) is 9.25. The minimum Gasteiger partial charge on any atom is -0.432 e. The zero-order valence-corrected chi connectivity index (χ0v) is 31.5. The van der Waals surface area contributed by atoms with Crippen LogP contribution in [-0.2, 0) is 35.8 Å². The summed E-state index contributed by atoms with van der Waals surface area (Å²) in [6.45, 7) is 0. The minimum atomic E-state index is 1.06. The van der Waals surface area contributed by atoms with Gasteiger partial charge in [0.25, 0.3) is 0 Å². The van der Waals surface area contributed by atoms with Crippen molar-refractivity contribution in [2.45, 2.75) is 0 Å². The van der Waals surface area contributed by atoms with Crippen LogP contribution in [0.5, 0.6) is 0 Å². The van der Waals surface area contributed by atoms with Gasteiger partial charge in [0.15, 0.2) is 0 Å². The van der Waals surface area contributed by atoms with E-state index in [0.29, 0.717) is 0 Å². The molecule has 0 atom stereocenters. The van der Waals surface area contributed by atoms with Crippen molar-refractivity contribution >= 4 is 19.2 Å². The Morgan fingerprint density at radius 2 is 0.521 bits per heavy atom. The molecule has 0 fully saturated rings. The molecule has 4 heterocycles. The summed E-state index contributed by atoms with van der Waals surface area (Å²) in [4.78, 5) is 0. The van der Waals surface area contributed by atoms with Crippen molar-refractivity contribution in [1.29, 1.82) is 0 Å². The molecule has 0 bridgehead atoms. The molecular weight excluding hydrogens is 1000 g/mol. The summed E-state index contributed by atoms with van der Waals surface area (Å²) in [5.74, 6) is 0. The molecule has 4 aromatic heterocycles. The van der Waals surface area contributed by atoms with Crippen molar-refractivity contribution in [3.05, 3.63) is 195 Å². The molecule has 0 aliphatic rings. The molecule has 0 saturated carbocycles. The van der Waals surface area contributed by atoms with E-state index in [2.05, 4.69) is 63.8 Å². The number of nitrogens with zero attached hydrogens (tertiary/aromatic N) is 8. The quantitative estimate of drug-likeness (QED) is 0.168. The molecule has 8 nitrogen and oxygen atoms in total. The molecule has 0 aliphatic heterocycles. The number of halogens is 2. The van der Waals surface area contributed by atoms with Gasteiger partial charge in [0.1, 0.15) is 0 Å². The Bertz CT molecular complexity index is 1550. The molecule has 0 N–H and O–H groups in total. The van der Waals surface area contributed by atoms with Gasteiger partial charge in [-0.05, 0) is 48.5 Å². The smallest absolute Gasteiger partial charge is 0.0610 e. The van der Waals surface area contributed by atoms with Gasteiger partial charge in [-0.1, -0.05) is 72.8 Å². The fourth-order valence-corrected chi connectivity index (χ4v) is 3.82. The number of para-hydroxylation sites is 4. The average molecular weight is 1030 g/mol. The van der Waals surface area contributed by atoms with Crippen LogP contribution in [-0.4, -0.2) is 39.1 Å². The van der Waals surface area contributed by atoms with E-state index in [0.717, 1.165) is 22.7 Å². The molecule has 4 aromatic carbocycles. The molecule has 8 rings (SSSR count). The number of hydrogen-bond acceptors (Lipinski definition) is 4. The van der Waals surface area contributed by atoms with Crippen LogP contribution in [0.25, 0.3) is 22.7 Å². The van der Waals surface area contributed by atoms with Gasteiger partial charge in [-0.2, -0.15) is 0 Å². The molecule has 0 radical (unpaired) electrons. The molecular formula is C36H28Cl2Ir2N8. The predicted molar refractivity (Wildman–Crippen MR) is 181 cm³/mol. The number of rotatable bonds is 4. The Morgan fingerprint density at radius 1 is 0.333 bits per heavy atom. The Balaban J connectivity index is 0.000000168. The average Bonchev–Trinajstić information content (AvgIpc) is 4.04. The van der Waals surface area contributed by atoms with Crippen molar-refractivity contribution in [2.24, 2.45) is 0 Å². The summed E-state index contributed by atoms with van der Waals surface area (Å²) in [5.41, 5.74) is 4.25. The van der Waals surface area contributed by atoms with Gasteiger partial charge in [-0.25, -0.2) is 20.4 Å². The van der Waals surface area contributed by atoms with Crippen LogP contribution < -0.4 is 0 Å². The topological polar surface area (TPSA) is 71.3 Å². The minimum absolute atomic E-state index is 1.06. The number of hydrogen-bond donors (Lipinski definition) is 0. The fourth-order valence-electron chi connectivity index (χ4n) is 3.82. The SMILES string of the molecule is [Cl][Ir+2].[Cl][Ir+2].[c-]1cnn(-c2ccccc2)c1.[c-]1cnn(-c2ccccc2)c1.[c-]1cnn(-c2ccccc2)c1.[c-]1cnn(-c2ccccc2)c1. The summed E-state index contributed by atoms with van der Waals surface area (Å²) in [6, 6.07) is 51.3. The third-order valence-corrected chi connectivity index (χ3v) is 5.90. The van der Waals surface area contributed by atoms with E-state index >= 15 is 0 Å². The molecule has 12 heteroatoms. The Hall–Kier alpha value is -4.40. The van der Waals surface area contributed by atoms with Crippen LogP contribution in [0.2, 0.25) is 0 Å². The standard InChI is InChI=1S/4C9H7N2.2ClH.2Ir/c4*1-2-5-9(6-3-1)11-8-4-7-10-11;;;;/h4*1-3,5-8H;2*1H;;/q4*-1;;;2*+3/p-2. The Labute approximate surface area is 309 Å². The van der Waals surface area contributed by atoms with Crippen LogP contribution in [0.1, 0.15) is 0 Å². The second-order valence-electron chi connectivity index (χ2n) is 8.88. The molecule has 244 valence electrons. The van der Waals surface area contributed by atoms with Crippen molar-refractivity contribution in [2.75, 3.05) is 0 Å². The fraction of sp³-hybridized carbons (Fsp3) is 0. The third kappa shape index (κ3) is 13.4. The van der Waals surface area contributed by atoms with Gasteiger partial charge in [0.2, 0.25) is 0 Å². The van der Waals surface area contributed by atoms with Crippen molar-refractivity contribution in [3.8, 4) is 22.7 Å². The first-order valence-corrected chi connectivity index (χ1v) is 19.9. The molecule has 0 amide bonds. The van der Waals surface area contributed by atoms with E-state index in [1.54, 1.807) is 68.3 Å². The van der Waals surface area contributed by atoms with E-state index in [1.807, 2.05) is 121 Å². The van der Waals surface area contributed by atoms with E-state index < -0.39 is 0 Å². The maximum Gasteiger partial charge on any atom is 0.0610 e. The molecule has 0 saturated heterocycles. The van der Waals surface area contributed by atoms with E-state index in [-0.39, 0.29) is 0 Å². The first-order valence-electron chi connectivity index (χ1n) is 14.0. The summed E-state index contributed by atoms with van der Waals surface area (Å²) >= 11 is 2.94. The summed E-state index contributed by atoms with van der Waals surface area (Å²) in [5, 5.41) is 16.2. The van der Waals surface area contributed by atoms with Crippen LogP contribution in [0, 0.1) is 24.3 Å². The molecule has 0 spiro atoms. The van der Waals surface area contributed by atoms with Gasteiger partial charge in [0, 0.05) is 0 Å². The Morgan fingerprint density at radius 3 is 0.667 bits per heavy atom. The summed E-state index contributed by atoms with van der Waals surface area (Å²) in [6.07, 6.45) is 13.8. The van der Waals surface area contributed by atoms with Gasteiger partial charge < -0.3 is 24.3 Å². The van der Waals surface area contributed by atoms with E-state index in [9.17, 15) is 0 Å². The van der Waals surface area contributed by atoms with Crippen molar-refractivity contribution in [3.63, 3.8) is 0 Å². The van der Waals surface area contributed by atoms with E-state index in [1.165, 1.54) is 35.8 Å². The second kappa shape index (κ2) is 23.8. The van der Waals surface area contributed by atoms with Crippen molar-refractivity contribution in [1.82, 2.24) is 39.1 Å². The van der Waals surface area contributed by atoms with Crippen LogP contribution in [0.3, 0.4) is 0 Å². The first-order chi connectivity index (χ1) is 23.9. The van der Waals surface area contributed by atoms with E-state index in [4.69, 9.17) is 0 Å². The Kier molecular flexibility index (Phi) is 18.9. The van der Waals surface area contributed by atoms with Gasteiger partial charge >= 0.3 is 54.9 Å². The summed E-state index contributed by atoms with van der Waals surface area (Å²) in [7, 11) is 9.28. The molecule has 0 aliphatic carbocycles. The maximum atomic E-state index is 4.64. The van der Waals surface area contributed by atoms with Gasteiger partial charge in [-0.3, -0.25) is 18.7 Å². The molecule has 48 heavy (non-hydrogen) atoms. The summed E-state index contributed by atoms with van der Waals surface area (Å²) < 4.78 is 7.11. The zero-order chi connectivity index (χ0) is 34.1. The third-order valence-electron chi connectivity index (χ3n) is 5.90. The van der Waals surface area contributed by atoms with Crippen molar-refractivity contribution < 1.29 is 35.8 Å². The second-order valence-corrected chi connectivity index (χ2v) is 8.88. The first kappa shape index (κ1) is 38.1. The van der Waals surface area contributed by atoms with Crippen LogP contribution in [0.4, 0.5) is 0 Å².